The number of hydrogen-bond donors (Lipinski definition) is 1. The van der Waals surface area contributed by atoms with Crippen molar-refractivity contribution in [3.05, 3.63) is 71.9 Å². The molecule has 2 nitrogen and oxygen atoms in total. The lowest BCUT2D eigenvalue weighted by Gasteiger charge is -2.09. The third-order valence-electron chi connectivity index (χ3n) is 3.47. The van der Waals surface area contributed by atoms with E-state index < -0.39 is 11.6 Å². The molecule has 22 heavy (non-hydrogen) atoms. The molecule has 0 atom stereocenters. The molecule has 2 aromatic carbocycles. The van der Waals surface area contributed by atoms with Gasteiger partial charge in [0, 0.05) is 11.1 Å². The van der Waals surface area contributed by atoms with Gasteiger partial charge in [-0.05, 0) is 30.7 Å². The molecule has 0 saturated heterocycles. The second-order valence-electron chi connectivity index (χ2n) is 5.06. The van der Waals surface area contributed by atoms with Crippen molar-refractivity contribution in [2.24, 2.45) is 0 Å². The molecule has 0 spiro atoms. The molecule has 0 fully saturated rings. The zero-order valence-corrected chi connectivity index (χ0v) is 11.8. The van der Waals surface area contributed by atoms with E-state index >= 15 is 0 Å². The van der Waals surface area contributed by atoms with Gasteiger partial charge in [-0.15, -0.1) is 0 Å². The number of hydrogen-bond acceptors (Lipinski definition) is 2. The maximum atomic E-state index is 14.4. The minimum atomic E-state index is -0.948. The van der Waals surface area contributed by atoms with E-state index in [9.17, 15) is 13.9 Å². The Morgan fingerprint density at radius 1 is 0.818 bits per heavy atom. The Morgan fingerprint density at radius 2 is 1.45 bits per heavy atom. The van der Waals surface area contributed by atoms with Crippen molar-refractivity contribution in [3.8, 4) is 28.1 Å². The largest absolute Gasteiger partial charge is 0.506 e. The summed E-state index contributed by atoms with van der Waals surface area (Å²) in [4.78, 5) is 3.91. The number of pyridine rings is 1. The van der Waals surface area contributed by atoms with E-state index in [-0.39, 0.29) is 22.6 Å². The van der Waals surface area contributed by atoms with Gasteiger partial charge >= 0.3 is 0 Å². The molecule has 1 heterocycles. The Balaban J connectivity index is 2.08. The van der Waals surface area contributed by atoms with Crippen LogP contribution in [-0.2, 0) is 0 Å². The second-order valence-corrected chi connectivity index (χ2v) is 5.06. The highest BCUT2D eigenvalue weighted by atomic mass is 19.2. The minimum Gasteiger partial charge on any atom is -0.506 e. The Kier molecular flexibility index (Phi) is 3.59. The van der Waals surface area contributed by atoms with E-state index in [0.717, 1.165) is 5.56 Å². The standard InChI is InChI=1S/C18H13F2NO/c1-11-2-4-12(5-3-11)14-7-8-15(18(20)17(14)19)16-9-6-13(22)10-21-16/h2-10,22H,1H3. The van der Waals surface area contributed by atoms with Crippen molar-refractivity contribution in [2.45, 2.75) is 6.92 Å². The number of nitrogens with zero attached hydrogens (tertiary/aromatic N) is 1. The molecule has 4 heteroatoms. The van der Waals surface area contributed by atoms with Crippen molar-refractivity contribution in [1.29, 1.82) is 0 Å². The molecule has 110 valence electrons. The molecule has 0 saturated carbocycles. The quantitative estimate of drug-likeness (QED) is 0.743. The highest BCUT2D eigenvalue weighted by Crippen LogP contribution is 2.31. The molecule has 0 aliphatic rings. The summed E-state index contributed by atoms with van der Waals surface area (Å²) >= 11 is 0. The van der Waals surface area contributed by atoms with Crippen LogP contribution in [0.15, 0.2) is 54.7 Å². The van der Waals surface area contributed by atoms with Crippen LogP contribution in [0.2, 0.25) is 0 Å². The van der Waals surface area contributed by atoms with E-state index in [1.54, 1.807) is 12.1 Å². The fourth-order valence-electron chi connectivity index (χ4n) is 2.25. The monoisotopic (exact) mass is 297 g/mol. The zero-order valence-electron chi connectivity index (χ0n) is 11.8. The summed E-state index contributed by atoms with van der Waals surface area (Å²) in [5, 5.41) is 9.21. The van der Waals surface area contributed by atoms with Gasteiger partial charge in [0.05, 0.1) is 11.9 Å². The first-order valence-corrected chi connectivity index (χ1v) is 6.76. The fraction of sp³-hybridized carbons (Fsp3) is 0.0556. The summed E-state index contributed by atoms with van der Waals surface area (Å²) in [5.74, 6) is -1.88. The van der Waals surface area contributed by atoms with Gasteiger partial charge < -0.3 is 5.11 Å². The smallest absolute Gasteiger partial charge is 0.168 e. The van der Waals surface area contributed by atoms with Crippen molar-refractivity contribution in [1.82, 2.24) is 4.98 Å². The number of aryl methyl sites for hydroxylation is 1. The van der Waals surface area contributed by atoms with Crippen LogP contribution in [0.4, 0.5) is 8.78 Å². The molecule has 0 unspecified atom stereocenters. The Hall–Kier alpha value is -2.75. The molecule has 1 aromatic heterocycles. The van der Waals surface area contributed by atoms with Gasteiger partial charge in [0.25, 0.3) is 0 Å². The van der Waals surface area contributed by atoms with Crippen LogP contribution in [0.25, 0.3) is 22.4 Å². The van der Waals surface area contributed by atoms with Gasteiger partial charge in [-0.25, -0.2) is 8.78 Å². The Bertz CT molecular complexity index is 741. The summed E-state index contributed by atoms with van der Waals surface area (Å²) < 4.78 is 28.7. The maximum absolute atomic E-state index is 14.4. The number of aromatic nitrogens is 1. The normalized spacial score (nSPS) is 10.7. The first kappa shape index (κ1) is 14.2. The third-order valence-corrected chi connectivity index (χ3v) is 3.47. The van der Waals surface area contributed by atoms with Crippen LogP contribution in [0, 0.1) is 18.6 Å². The van der Waals surface area contributed by atoms with E-state index in [2.05, 4.69) is 4.98 Å². The minimum absolute atomic E-state index is 0.0269. The number of benzene rings is 2. The molecular weight excluding hydrogens is 284 g/mol. The van der Waals surface area contributed by atoms with Crippen molar-refractivity contribution in [3.63, 3.8) is 0 Å². The molecule has 3 aromatic rings. The molecule has 3 rings (SSSR count). The average Bonchev–Trinajstić information content (AvgIpc) is 2.52. The Labute approximate surface area is 126 Å². The summed E-state index contributed by atoms with van der Waals surface area (Å²) in [7, 11) is 0. The third kappa shape index (κ3) is 2.55. The summed E-state index contributed by atoms with van der Waals surface area (Å²) in [6, 6.07) is 13.1. The lowest BCUT2D eigenvalue weighted by molar-refractivity contribution is 0.472. The highest BCUT2D eigenvalue weighted by molar-refractivity contribution is 5.70. The molecule has 0 aliphatic heterocycles. The van der Waals surface area contributed by atoms with Crippen LogP contribution < -0.4 is 0 Å². The lowest BCUT2D eigenvalue weighted by atomic mass is 10.00. The fourth-order valence-corrected chi connectivity index (χ4v) is 2.25. The highest BCUT2D eigenvalue weighted by Gasteiger charge is 2.16. The van der Waals surface area contributed by atoms with E-state index in [1.165, 1.54) is 30.5 Å². The molecular formula is C18H13F2NO. The van der Waals surface area contributed by atoms with Gasteiger partial charge in [0.2, 0.25) is 0 Å². The van der Waals surface area contributed by atoms with Crippen molar-refractivity contribution >= 4 is 0 Å². The van der Waals surface area contributed by atoms with Crippen LogP contribution in [0.1, 0.15) is 5.56 Å². The molecule has 0 aliphatic carbocycles. The van der Waals surface area contributed by atoms with E-state index in [1.807, 2.05) is 19.1 Å². The number of halogens is 2. The van der Waals surface area contributed by atoms with Crippen molar-refractivity contribution < 1.29 is 13.9 Å². The topological polar surface area (TPSA) is 33.1 Å². The van der Waals surface area contributed by atoms with E-state index in [4.69, 9.17) is 0 Å². The molecule has 0 radical (unpaired) electrons. The van der Waals surface area contributed by atoms with Crippen LogP contribution in [0.5, 0.6) is 5.75 Å². The molecule has 0 bridgehead atoms. The second kappa shape index (κ2) is 5.56. The summed E-state index contributed by atoms with van der Waals surface area (Å²) in [6.07, 6.45) is 1.20. The lowest BCUT2D eigenvalue weighted by Crippen LogP contribution is -1.95. The molecule has 1 N–H and O–H groups in total. The van der Waals surface area contributed by atoms with Gasteiger partial charge in [-0.3, -0.25) is 4.98 Å². The van der Waals surface area contributed by atoms with Gasteiger partial charge in [0.1, 0.15) is 5.75 Å². The predicted molar refractivity (Wildman–Crippen MR) is 81.4 cm³/mol. The first-order valence-electron chi connectivity index (χ1n) is 6.76. The number of rotatable bonds is 2. The first-order chi connectivity index (χ1) is 10.6. The van der Waals surface area contributed by atoms with Gasteiger partial charge in [-0.1, -0.05) is 35.9 Å². The van der Waals surface area contributed by atoms with Crippen LogP contribution in [0.3, 0.4) is 0 Å². The van der Waals surface area contributed by atoms with Gasteiger partial charge in [0.15, 0.2) is 11.6 Å². The van der Waals surface area contributed by atoms with Gasteiger partial charge in [-0.2, -0.15) is 0 Å². The SMILES string of the molecule is Cc1ccc(-c2ccc(-c3ccc(O)cn3)c(F)c2F)cc1. The van der Waals surface area contributed by atoms with Crippen molar-refractivity contribution in [2.75, 3.05) is 0 Å². The zero-order chi connectivity index (χ0) is 15.7. The Morgan fingerprint density at radius 3 is 2.09 bits per heavy atom. The molecule has 0 amide bonds. The average molecular weight is 297 g/mol. The predicted octanol–water partition coefficient (Wildman–Crippen LogP) is 4.71. The summed E-state index contributed by atoms with van der Waals surface area (Å²) in [6.45, 7) is 1.93. The summed E-state index contributed by atoms with van der Waals surface area (Å²) in [5.41, 5.74) is 2.21. The van der Waals surface area contributed by atoms with Crippen LogP contribution >= 0.6 is 0 Å². The van der Waals surface area contributed by atoms with E-state index in [0.29, 0.717) is 5.56 Å². The maximum Gasteiger partial charge on any atom is 0.168 e. The number of aromatic hydroxyl groups is 1. The van der Waals surface area contributed by atoms with Crippen LogP contribution in [-0.4, -0.2) is 10.1 Å².